The van der Waals surface area contributed by atoms with Crippen molar-refractivity contribution in [1.82, 2.24) is 20.1 Å². The molecule has 4 rings (SSSR count). The fraction of sp³-hybridized carbons (Fsp3) is 0.429. The van der Waals surface area contributed by atoms with Crippen LogP contribution in [0.5, 0.6) is 0 Å². The first-order valence-corrected chi connectivity index (χ1v) is 6.96. The lowest BCUT2D eigenvalue weighted by molar-refractivity contribution is 0.382. The van der Waals surface area contributed by atoms with E-state index < -0.39 is 17.5 Å². The van der Waals surface area contributed by atoms with E-state index in [9.17, 15) is 13.2 Å². The number of nitrogens with one attached hydrogen (secondary N) is 1. The molecule has 2 aliphatic rings. The molecule has 1 unspecified atom stereocenters. The second-order valence-corrected chi connectivity index (χ2v) is 5.55. The molecule has 2 heterocycles. The lowest BCUT2D eigenvalue weighted by Crippen LogP contribution is -2.35. The number of benzene rings is 1. The minimum Gasteiger partial charge on any atom is -0.308 e. The van der Waals surface area contributed by atoms with E-state index in [-0.39, 0.29) is 17.4 Å². The van der Waals surface area contributed by atoms with E-state index in [1.807, 2.05) is 0 Å². The Balaban J connectivity index is 1.84. The molecular formula is C14H13F3N4. The predicted molar refractivity (Wildman–Crippen MR) is 68.8 cm³/mol. The summed E-state index contributed by atoms with van der Waals surface area (Å²) in [6.45, 7) is 1.24. The molecule has 1 fully saturated rings. The van der Waals surface area contributed by atoms with Crippen LogP contribution in [0.2, 0.25) is 0 Å². The average molecular weight is 294 g/mol. The van der Waals surface area contributed by atoms with Crippen LogP contribution in [0.1, 0.15) is 24.7 Å². The molecule has 1 aromatic carbocycles. The fourth-order valence-corrected chi connectivity index (χ4v) is 2.94. The van der Waals surface area contributed by atoms with E-state index in [2.05, 4.69) is 15.5 Å². The highest BCUT2D eigenvalue weighted by Crippen LogP contribution is 2.42. The van der Waals surface area contributed by atoms with Crippen molar-refractivity contribution in [2.45, 2.75) is 25.4 Å². The second-order valence-electron chi connectivity index (χ2n) is 5.55. The monoisotopic (exact) mass is 294 g/mol. The van der Waals surface area contributed by atoms with Gasteiger partial charge in [-0.1, -0.05) is 0 Å². The molecule has 110 valence electrons. The van der Waals surface area contributed by atoms with Gasteiger partial charge in [0.1, 0.15) is 17.5 Å². The number of halogens is 3. The van der Waals surface area contributed by atoms with Gasteiger partial charge in [0.25, 0.3) is 0 Å². The zero-order valence-electron chi connectivity index (χ0n) is 11.1. The molecule has 1 aliphatic heterocycles. The summed E-state index contributed by atoms with van der Waals surface area (Å²) in [5.41, 5.74) is -0.313. The molecular weight excluding hydrogens is 281 g/mol. The highest BCUT2D eigenvalue weighted by Gasteiger charge is 2.38. The zero-order chi connectivity index (χ0) is 14.6. The molecule has 0 saturated heterocycles. The minimum atomic E-state index is -0.954. The Morgan fingerprint density at radius 2 is 1.81 bits per heavy atom. The van der Waals surface area contributed by atoms with Crippen LogP contribution >= 0.6 is 0 Å². The molecule has 0 amide bonds. The van der Waals surface area contributed by atoms with Crippen molar-refractivity contribution < 1.29 is 13.2 Å². The Labute approximate surface area is 119 Å². The Hall–Kier alpha value is -1.89. The molecule has 7 heteroatoms. The zero-order valence-corrected chi connectivity index (χ0v) is 11.1. The first-order valence-electron chi connectivity index (χ1n) is 6.96. The number of nitrogens with zero attached hydrogens (tertiary/aromatic N) is 3. The third kappa shape index (κ3) is 2.03. The van der Waals surface area contributed by atoms with Crippen molar-refractivity contribution in [3.05, 3.63) is 35.4 Å². The SMILES string of the molecule is Fc1cc(F)c(-c2nnc3n2CCNC3C2CC2)c(F)c1. The van der Waals surface area contributed by atoms with Crippen molar-refractivity contribution in [1.29, 1.82) is 0 Å². The molecule has 1 N–H and O–H groups in total. The van der Waals surface area contributed by atoms with Crippen molar-refractivity contribution in [2.24, 2.45) is 5.92 Å². The van der Waals surface area contributed by atoms with Crippen LogP contribution in [0.4, 0.5) is 13.2 Å². The first-order chi connectivity index (χ1) is 10.1. The molecule has 21 heavy (non-hydrogen) atoms. The van der Waals surface area contributed by atoms with Gasteiger partial charge in [0, 0.05) is 25.2 Å². The highest BCUT2D eigenvalue weighted by atomic mass is 19.1. The van der Waals surface area contributed by atoms with Crippen molar-refractivity contribution in [3.63, 3.8) is 0 Å². The van der Waals surface area contributed by atoms with Gasteiger partial charge in [0.2, 0.25) is 0 Å². The predicted octanol–water partition coefficient (Wildman–Crippen LogP) is 2.42. The summed E-state index contributed by atoms with van der Waals surface area (Å²) < 4.78 is 42.6. The largest absolute Gasteiger partial charge is 0.308 e. The van der Waals surface area contributed by atoms with Gasteiger partial charge in [-0.25, -0.2) is 13.2 Å². The summed E-state index contributed by atoms with van der Waals surface area (Å²) in [6, 6.07) is 1.42. The van der Waals surface area contributed by atoms with E-state index in [4.69, 9.17) is 0 Å². The Morgan fingerprint density at radius 1 is 1.10 bits per heavy atom. The maximum absolute atomic E-state index is 13.9. The van der Waals surface area contributed by atoms with Crippen LogP contribution in [-0.2, 0) is 6.54 Å². The molecule has 1 atom stereocenters. The summed E-state index contributed by atoms with van der Waals surface area (Å²) in [7, 11) is 0. The summed E-state index contributed by atoms with van der Waals surface area (Å²) in [6.07, 6.45) is 2.25. The van der Waals surface area contributed by atoms with Crippen LogP contribution in [-0.4, -0.2) is 21.3 Å². The van der Waals surface area contributed by atoms with E-state index in [1.54, 1.807) is 4.57 Å². The van der Waals surface area contributed by atoms with Gasteiger partial charge in [-0.15, -0.1) is 10.2 Å². The quantitative estimate of drug-likeness (QED) is 0.925. The van der Waals surface area contributed by atoms with Crippen LogP contribution in [0.3, 0.4) is 0 Å². The number of hydrogen-bond acceptors (Lipinski definition) is 3. The lowest BCUT2D eigenvalue weighted by Gasteiger charge is -2.25. The van der Waals surface area contributed by atoms with E-state index in [0.717, 1.165) is 12.8 Å². The maximum atomic E-state index is 13.9. The van der Waals surface area contributed by atoms with E-state index in [1.165, 1.54) is 0 Å². The topological polar surface area (TPSA) is 42.7 Å². The Bertz CT molecular complexity index is 685. The van der Waals surface area contributed by atoms with Gasteiger partial charge in [0.15, 0.2) is 11.6 Å². The molecule has 1 saturated carbocycles. The summed E-state index contributed by atoms with van der Waals surface area (Å²) in [5, 5.41) is 11.4. The number of fused-ring (bicyclic) bond motifs is 1. The summed E-state index contributed by atoms with van der Waals surface area (Å²) in [5.74, 6) is -1.49. The average Bonchev–Trinajstić information content (AvgIpc) is 3.19. The van der Waals surface area contributed by atoms with Gasteiger partial charge in [-0.3, -0.25) is 0 Å². The first kappa shape index (κ1) is 12.8. The van der Waals surface area contributed by atoms with Gasteiger partial charge >= 0.3 is 0 Å². The Kier molecular flexibility index (Phi) is 2.78. The number of aromatic nitrogens is 3. The van der Waals surface area contributed by atoms with Gasteiger partial charge in [-0.2, -0.15) is 0 Å². The molecule has 1 aliphatic carbocycles. The Morgan fingerprint density at radius 3 is 2.48 bits per heavy atom. The van der Waals surface area contributed by atoms with Gasteiger partial charge in [0.05, 0.1) is 11.6 Å². The molecule has 0 bridgehead atoms. The molecule has 4 nitrogen and oxygen atoms in total. The van der Waals surface area contributed by atoms with Gasteiger partial charge in [-0.05, 0) is 18.8 Å². The third-order valence-corrected chi connectivity index (χ3v) is 4.08. The van der Waals surface area contributed by atoms with Gasteiger partial charge < -0.3 is 9.88 Å². The van der Waals surface area contributed by atoms with Crippen LogP contribution in [0.15, 0.2) is 12.1 Å². The molecule has 0 spiro atoms. The van der Waals surface area contributed by atoms with Crippen molar-refractivity contribution in [3.8, 4) is 11.4 Å². The maximum Gasteiger partial charge on any atom is 0.170 e. The van der Waals surface area contributed by atoms with Crippen molar-refractivity contribution >= 4 is 0 Å². The fourth-order valence-electron chi connectivity index (χ4n) is 2.94. The standard InChI is InChI=1S/C14H13F3N4/c15-8-5-9(16)11(10(17)6-8)13-19-20-14-12(7-1-2-7)18-3-4-21(13)14/h5-7,12,18H,1-4H2. The number of rotatable bonds is 2. The molecule has 0 radical (unpaired) electrons. The lowest BCUT2D eigenvalue weighted by atomic mass is 10.1. The number of hydrogen-bond donors (Lipinski definition) is 1. The van der Waals surface area contributed by atoms with E-state index >= 15 is 0 Å². The van der Waals surface area contributed by atoms with Crippen molar-refractivity contribution in [2.75, 3.05) is 6.54 Å². The van der Waals surface area contributed by atoms with Crippen LogP contribution < -0.4 is 5.32 Å². The highest BCUT2D eigenvalue weighted by molar-refractivity contribution is 5.57. The van der Waals surface area contributed by atoms with Crippen LogP contribution in [0.25, 0.3) is 11.4 Å². The summed E-state index contributed by atoms with van der Waals surface area (Å²) >= 11 is 0. The normalized spacial score (nSPS) is 21.4. The smallest absolute Gasteiger partial charge is 0.170 e. The molecule has 2 aromatic rings. The van der Waals surface area contributed by atoms with E-state index in [0.29, 0.717) is 37.0 Å². The summed E-state index contributed by atoms with van der Waals surface area (Å²) in [4.78, 5) is 0. The molecule has 1 aromatic heterocycles. The van der Waals surface area contributed by atoms with Crippen LogP contribution in [0, 0.1) is 23.4 Å². The third-order valence-electron chi connectivity index (χ3n) is 4.08. The second kappa shape index (κ2) is 4.56. The minimum absolute atomic E-state index is 0.0894.